The molecule has 0 radical (unpaired) electrons. The summed E-state index contributed by atoms with van der Waals surface area (Å²) in [6, 6.07) is 13.8. The molecule has 0 spiro atoms. The molecule has 33 heavy (non-hydrogen) atoms. The fourth-order valence-corrected chi connectivity index (χ4v) is 2.96. The van der Waals surface area contributed by atoms with E-state index in [9.17, 15) is 13.2 Å². The smallest absolute Gasteiger partial charge is 0.490 e. The Labute approximate surface area is 193 Å². The van der Waals surface area contributed by atoms with Crippen molar-refractivity contribution in [3.05, 3.63) is 64.8 Å². The van der Waals surface area contributed by atoms with Crippen molar-refractivity contribution in [2.24, 2.45) is 10.7 Å². The lowest BCUT2D eigenvalue weighted by molar-refractivity contribution is -0.192. The maximum Gasteiger partial charge on any atom is 0.490 e. The average Bonchev–Trinajstić information content (AvgIpc) is 3.17. The topological polar surface area (TPSA) is 113 Å². The SMILES string of the molecule is COc1ccc2[nH]cc(CCN=C(N)NCCc3ccc(Cl)cc3)c2c1.O=C(O)C(F)(F)F. The second-order valence-corrected chi connectivity index (χ2v) is 7.28. The van der Waals surface area contributed by atoms with Crippen LogP contribution in [-0.2, 0) is 17.6 Å². The summed E-state index contributed by atoms with van der Waals surface area (Å²) in [6.07, 6.45) is -1.38. The van der Waals surface area contributed by atoms with Gasteiger partial charge >= 0.3 is 12.1 Å². The van der Waals surface area contributed by atoms with Crippen LogP contribution >= 0.6 is 11.6 Å². The van der Waals surface area contributed by atoms with Gasteiger partial charge in [-0.1, -0.05) is 23.7 Å². The number of aliphatic imine (C=N–C) groups is 1. The lowest BCUT2D eigenvalue weighted by Crippen LogP contribution is -2.33. The summed E-state index contributed by atoms with van der Waals surface area (Å²) in [7, 11) is 1.67. The van der Waals surface area contributed by atoms with Gasteiger partial charge in [0.25, 0.3) is 0 Å². The minimum atomic E-state index is -5.08. The lowest BCUT2D eigenvalue weighted by atomic mass is 10.1. The first-order valence-electron chi connectivity index (χ1n) is 9.82. The van der Waals surface area contributed by atoms with Crippen LogP contribution in [0.3, 0.4) is 0 Å². The molecule has 0 aliphatic rings. The molecule has 0 atom stereocenters. The Morgan fingerprint density at radius 2 is 1.88 bits per heavy atom. The highest BCUT2D eigenvalue weighted by Crippen LogP contribution is 2.23. The Bertz CT molecular complexity index is 1080. The number of aromatic amines is 1. The molecule has 0 aliphatic heterocycles. The number of benzene rings is 2. The number of carboxylic acid groups (broad SMARTS) is 1. The quantitative estimate of drug-likeness (QED) is 0.297. The van der Waals surface area contributed by atoms with Gasteiger partial charge in [0.2, 0.25) is 0 Å². The highest BCUT2D eigenvalue weighted by molar-refractivity contribution is 6.30. The van der Waals surface area contributed by atoms with E-state index in [0.29, 0.717) is 12.5 Å². The standard InChI is InChI=1S/C20H23ClN4O.C2HF3O2/c1-26-17-6-7-19-18(12-17)15(13-25-19)9-11-24-20(22)23-10-8-14-2-4-16(21)5-3-14;3-2(4,5)1(6)7/h2-7,12-13,25H,8-11H2,1H3,(H3,22,23,24);(H,6,7). The van der Waals surface area contributed by atoms with Crippen LogP contribution < -0.4 is 15.8 Å². The number of methoxy groups -OCH3 is 1. The van der Waals surface area contributed by atoms with Crippen LogP contribution in [0.2, 0.25) is 5.02 Å². The van der Waals surface area contributed by atoms with Crippen LogP contribution in [0.5, 0.6) is 5.75 Å². The Morgan fingerprint density at radius 1 is 1.21 bits per heavy atom. The lowest BCUT2D eigenvalue weighted by Gasteiger charge is -2.06. The van der Waals surface area contributed by atoms with Crippen molar-refractivity contribution in [1.82, 2.24) is 10.3 Å². The molecule has 1 aromatic heterocycles. The Balaban J connectivity index is 0.000000479. The number of halogens is 4. The molecule has 3 rings (SSSR count). The van der Waals surface area contributed by atoms with E-state index < -0.39 is 12.1 Å². The minimum Gasteiger partial charge on any atom is -0.497 e. The summed E-state index contributed by atoms with van der Waals surface area (Å²) in [6.45, 7) is 1.37. The Kier molecular flexibility index (Phi) is 9.41. The number of ether oxygens (including phenoxy) is 1. The minimum absolute atomic E-state index is 0.469. The Morgan fingerprint density at radius 3 is 2.48 bits per heavy atom. The number of alkyl halides is 3. The van der Waals surface area contributed by atoms with Gasteiger partial charge in [0.05, 0.1) is 7.11 Å². The first-order chi connectivity index (χ1) is 15.6. The number of rotatable bonds is 7. The number of fused-ring (bicyclic) bond motifs is 1. The number of aromatic nitrogens is 1. The number of aliphatic carboxylic acids is 1. The summed E-state index contributed by atoms with van der Waals surface area (Å²) in [4.78, 5) is 16.6. The molecule has 0 fully saturated rings. The van der Waals surface area contributed by atoms with Gasteiger partial charge in [0, 0.05) is 35.2 Å². The van der Waals surface area contributed by atoms with Crippen molar-refractivity contribution in [1.29, 1.82) is 0 Å². The van der Waals surface area contributed by atoms with Crippen LogP contribution in [-0.4, -0.2) is 48.4 Å². The molecule has 0 aliphatic carbocycles. The third-order valence-electron chi connectivity index (χ3n) is 4.51. The first-order valence-corrected chi connectivity index (χ1v) is 10.2. The molecule has 3 aromatic rings. The van der Waals surface area contributed by atoms with E-state index in [-0.39, 0.29) is 0 Å². The monoisotopic (exact) mass is 484 g/mol. The van der Waals surface area contributed by atoms with Crippen molar-refractivity contribution in [2.75, 3.05) is 20.2 Å². The molecule has 5 N–H and O–H groups in total. The second kappa shape index (κ2) is 12.0. The number of hydrogen-bond donors (Lipinski definition) is 4. The van der Waals surface area contributed by atoms with E-state index in [4.69, 9.17) is 32.0 Å². The second-order valence-electron chi connectivity index (χ2n) is 6.85. The number of carboxylic acids is 1. The molecule has 1 heterocycles. The van der Waals surface area contributed by atoms with Crippen molar-refractivity contribution < 1.29 is 27.8 Å². The summed E-state index contributed by atoms with van der Waals surface area (Å²) in [5, 5.41) is 12.2. The zero-order chi connectivity index (χ0) is 24.4. The van der Waals surface area contributed by atoms with Crippen LogP contribution in [0, 0.1) is 0 Å². The summed E-state index contributed by atoms with van der Waals surface area (Å²) in [5.74, 6) is -1.44. The Hall–Kier alpha value is -3.40. The van der Waals surface area contributed by atoms with Crippen LogP contribution in [0.15, 0.2) is 53.7 Å². The predicted octanol–water partition coefficient (Wildman–Crippen LogP) is 4.15. The number of H-pyrrole nitrogens is 1. The molecule has 2 aromatic carbocycles. The molecular formula is C22H24ClF3N4O3. The third kappa shape index (κ3) is 8.57. The van der Waals surface area contributed by atoms with Gasteiger partial charge in [-0.3, -0.25) is 4.99 Å². The highest BCUT2D eigenvalue weighted by atomic mass is 35.5. The van der Waals surface area contributed by atoms with Gasteiger partial charge in [-0.05, 0) is 54.3 Å². The summed E-state index contributed by atoms with van der Waals surface area (Å²) >= 11 is 5.88. The fraction of sp³-hybridized carbons (Fsp3) is 0.273. The number of hydrogen-bond acceptors (Lipinski definition) is 3. The molecule has 0 saturated carbocycles. The number of nitrogens with zero attached hydrogens (tertiary/aromatic N) is 1. The first kappa shape index (κ1) is 25.9. The van der Waals surface area contributed by atoms with Crippen LogP contribution in [0.25, 0.3) is 10.9 Å². The van der Waals surface area contributed by atoms with Crippen LogP contribution in [0.4, 0.5) is 13.2 Å². The number of nitrogens with one attached hydrogen (secondary N) is 2. The van der Waals surface area contributed by atoms with Crippen molar-refractivity contribution >= 4 is 34.4 Å². The average molecular weight is 485 g/mol. The van der Waals surface area contributed by atoms with E-state index in [1.54, 1.807) is 7.11 Å². The van der Waals surface area contributed by atoms with Crippen molar-refractivity contribution in [3.63, 3.8) is 0 Å². The van der Waals surface area contributed by atoms with Gasteiger partial charge in [0.1, 0.15) is 5.75 Å². The van der Waals surface area contributed by atoms with Gasteiger partial charge in [-0.15, -0.1) is 0 Å². The molecule has 178 valence electrons. The third-order valence-corrected chi connectivity index (χ3v) is 4.77. The van der Waals surface area contributed by atoms with E-state index in [1.165, 1.54) is 11.1 Å². The van der Waals surface area contributed by atoms with Gasteiger partial charge in [-0.25, -0.2) is 4.79 Å². The normalized spacial score (nSPS) is 11.6. The summed E-state index contributed by atoms with van der Waals surface area (Å²) in [5.41, 5.74) is 9.46. The zero-order valence-corrected chi connectivity index (χ0v) is 18.5. The molecule has 0 amide bonds. The zero-order valence-electron chi connectivity index (χ0n) is 17.7. The molecule has 7 nitrogen and oxygen atoms in total. The van der Waals surface area contributed by atoms with E-state index in [1.807, 2.05) is 48.7 Å². The van der Waals surface area contributed by atoms with Gasteiger partial charge in [0.15, 0.2) is 5.96 Å². The van der Waals surface area contributed by atoms with E-state index in [0.717, 1.165) is 41.1 Å². The highest BCUT2D eigenvalue weighted by Gasteiger charge is 2.38. The van der Waals surface area contributed by atoms with Crippen molar-refractivity contribution in [2.45, 2.75) is 19.0 Å². The summed E-state index contributed by atoms with van der Waals surface area (Å²) < 4.78 is 37.0. The predicted molar refractivity (Wildman–Crippen MR) is 122 cm³/mol. The largest absolute Gasteiger partial charge is 0.497 e. The van der Waals surface area contributed by atoms with Gasteiger partial charge in [-0.2, -0.15) is 13.2 Å². The van der Waals surface area contributed by atoms with Gasteiger partial charge < -0.3 is 25.9 Å². The van der Waals surface area contributed by atoms with E-state index >= 15 is 0 Å². The molecular weight excluding hydrogens is 461 g/mol. The van der Waals surface area contributed by atoms with Crippen molar-refractivity contribution in [3.8, 4) is 5.75 Å². The molecule has 0 bridgehead atoms. The molecule has 0 saturated heterocycles. The number of nitrogens with two attached hydrogens (primary N) is 1. The molecule has 11 heteroatoms. The fourth-order valence-electron chi connectivity index (χ4n) is 2.83. The number of guanidine groups is 1. The van der Waals surface area contributed by atoms with E-state index in [2.05, 4.69) is 15.3 Å². The maximum absolute atomic E-state index is 10.6. The maximum atomic E-state index is 10.6. The van der Waals surface area contributed by atoms with Crippen LogP contribution in [0.1, 0.15) is 11.1 Å². The molecule has 0 unspecified atom stereocenters. The number of carbonyl (C=O) groups is 1.